The summed E-state index contributed by atoms with van der Waals surface area (Å²) in [6, 6.07) is 1.09. The molecule has 0 fully saturated rings. The SMILES string of the molecule is CC(=O)Nc1cc2c(c3c1C(=O)C(=NO)CC3)OC(F)(F)O2. The van der Waals surface area contributed by atoms with Gasteiger partial charge >= 0.3 is 6.29 Å². The number of anilines is 1. The summed E-state index contributed by atoms with van der Waals surface area (Å²) in [6.45, 7) is 1.21. The molecule has 0 atom stereocenters. The summed E-state index contributed by atoms with van der Waals surface area (Å²) in [5, 5.41) is 14.1. The number of nitrogens with zero attached hydrogens (tertiary/aromatic N) is 1. The molecule has 0 spiro atoms. The molecule has 0 aromatic heterocycles. The summed E-state index contributed by atoms with van der Waals surface area (Å²) in [6.07, 6.45) is -3.64. The third-order valence-electron chi connectivity index (χ3n) is 3.33. The van der Waals surface area contributed by atoms with Crippen molar-refractivity contribution in [1.29, 1.82) is 0 Å². The average Bonchev–Trinajstić information content (AvgIpc) is 2.72. The molecule has 1 aliphatic heterocycles. The number of nitrogens with one attached hydrogen (secondary N) is 1. The van der Waals surface area contributed by atoms with Gasteiger partial charge in [-0.15, -0.1) is 8.78 Å². The third kappa shape index (κ3) is 2.14. The van der Waals surface area contributed by atoms with Crippen LogP contribution in [0.4, 0.5) is 14.5 Å². The molecule has 1 heterocycles. The predicted molar refractivity (Wildman–Crippen MR) is 68.8 cm³/mol. The van der Waals surface area contributed by atoms with Gasteiger partial charge < -0.3 is 20.0 Å². The molecule has 3 rings (SSSR count). The maximum atomic E-state index is 13.3. The molecule has 0 unspecified atom stereocenters. The van der Waals surface area contributed by atoms with Crippen molar-refractivity contribution in [3.05, 3.63) is 17.2 Å². The molecule has 0 radical (unpaired) electrons. The minimum atomic E-state index is -3.83. The van der Waals surface area contributed by atoms with Crippen LogP contribution in [0, 0.1) is 0 Å². The van der Waals surface area contributed by atoms with Gasteiger partial charge in [0.1, 0.15) is 5.71 Å². The van der Waals surface area contributed by atoms with Gasteiger partial charge in [-0.05, 0) is 6.42 Å². The fraction of sp³-hybridized carbons (Fsp3) is 0.308. The monoisotopic (exact) mass is 312 g/mol. The quantitative estimate of drug-likeness (QED) is 0.610. The van der Waals surface area contributed by atoms with Gasteiger partial charge in [-0.3, -0.25) is 9.59 Å². The Hall–Kier alpha value is -2.71. The number of ether oxygens (including phenoxy) is 2. The summed E-state index contributed by atoms with van der Waals surface area (Å²) in [4.78, 5) is 23.5. The zero-order valence-electron chi connectivity index (χ0n) is 11.3. The van der Waals surface area contributed by atoms with Gasteiger partial charge in [0, 0.05) is 25.0 Å². The number of benzene rings is 1. The van der Waals surface area contributed by atoms with Crippen LogP contribution in [0.15, 0.2) is 11.2 Å². The zero-order chi connectivity index (χ0) is 16.1. The number of alkyl halides is 2. The lowest BCUT2D eigenvalue weighted by Crippen LogP contribution is -2.27. The second-order valence-electron chi connectivity index (χ2n) is 4.83. The summed E-state index contributed by atoms with van der Waals surface area (Å²) < 4.78 is 35.3. The van der Waals surface area contributed by atoms with E-state index in [2.05, 4.69) is 19.9 Å². The van der Waals surface area contributed by atoms with E-state index in [1.54, 1.807) is 0 Å². The Morgan fingerprint density at radius 2 is 2.14 bits per heavy atom. The van der Waals surface area contributed by atoms with Gasteiger partial charge in [0.2, 0.25) is 11.7 Å². The molecule has 1 aromatic carbocycles. The maximum Gasteiger partial charge on any atom is 0.586 e. The number of halogens is 2. The third-order valence-corrected chi connectivity index (χ3v) is 3.33. The van der Waals surface area contributed by atoms with Crippen molar-refractivity contribution < 1.29 is 33.1 Å². The van der Waals surface area contributed by atoms with Gasteiger partial charge in [0.15, 0.2) is 11.5 Å². The standard InChI is InChI=1S/C13H10F2N2O5/c1-5(18)16-8-4-9-12(22-13(14,15)21-9)6-2-3-7(17-20)11(19)10(6)8/h4,20H,2-3H2,1H3,(H,16,18). The number of fused-ring (bicyclic) bond motifs is 3. The first-order valence-electron chi connectivity index (χ1n) is 6.31. The lowest BCUT2D eigenvalue weighted by molar-refractivity contribution is -0.286. The van der Waals surface area contributed by atoms with Crippen LogP contribution in [0.25, 0.3) is 0 Å². The summed E-state index contributed by atoms with van der Waals surface area (Å²) in [5.41, 5.74) is 0.0447. The number of hydrogen-bond acceptors (Lipinski definition) is 6. The highest BCUT2D eigenvalue weighted by Crippen LogP contribution is 2.48. The highest BCUT2D eigenvalue weighted by Gasteiger charge is 2.47. The number of carbonyl (C=O) groups excluding carboxylic acids is 2. The van der Waals surface area contributed by atoms with Crippen molar-refractivity contribution in [3.8, 4) is 11.5 Å². The Morgan fingerprint density at radius 1 is 1.41 bits per heavy atom. The Kier molecular flexibility index (Phi) is 3.01. The minimum absolute atomic E-state index is 0.00778. The predicted octanol–water partition coefficient (Wildman–Crippen LogP) is 1.93. The maximum absolute atomic E-state index is 13.3. The van der Waals surface area contributed by atoms with Crippen LogP contribution in [0.5, 0.6) is 11.5 Å². The van der Waals surface area contributed by atoms with Crippen molar-refractivity contribution in [1.82, 2.24) is 0 Å². The number of Topliss-reactive ketones (excluding diaryl/α,β-unsaturated/α-hetero) is 1. The largest absolute Gasteiger partial charge is 0.586 e. The van der Waals surface area contributed by atoms with Crippen LogP contribution in [0.3, 0.4) is 0 Å². The van der Waals surface area contributed by atoms with Crippen LogP contribution in [0.2, 0.25) is 0 Å². The number of rotatable bonds is 1. The normalized spacial score (nSPS) is 20.0. The molecule has 1 aliphatic carbocycles. The minimum Gasteiger partial charge on any atom is -0.411 e. The van der Waals surface area contributed by atoms with E-state index in [1.807, 2.05) is 0 Å². The lowest BCUT2D eigenvalue weighted by atomic mass is 9.87. The Morgan fingerprint density at radius 3 is 2.77 bits per heavy atom. The summed E-state index contributed by atoms with van der Waals surface area (Å²) >= 11 is 0. The van der Waals surface area contributed by atoms with E-state index in [0.29, 0.717) is 0 Å². The van der Waals surface area contributed by atoms with E-state index < -0.39 is 18.0 Å². The average molecular weight is 312 g/mol. The molecule has 0 saturated carbocycles. The molecule has 2 aliphatic rings. The molecule has 2 N–H and O–H groups in total. The summed E-state index contributed by atoms with van der Waals surface area (Å²) in [7, 11) is 0. The highest BCUT2D eigenvalue weighted by molar-refractivity contribution is 6.48. The molecule has 1 aromatic rings. The van der Waals surface area contributed by atoms with Gasteiger partial charge in [-0.25, -0.2) is 0 Å². The van der Waals surface area contributed by atoms with Gasteiger partial charge in [0.05, 0.1) is 11.3 Å². The van der Waals surface area contributed by atoms with E-state index in [4.69, 9.17) is 5.21 Å². The molecule has 9 heteroatoms. The first-order valence-corrected chi connectivity index (χ1v) is 6.31. The second kappa shape index (κ2) is 4.65. The Balaban J connectivity index is 2.21. The Labute approximate surface area is 122 Å². The number of ketones is 1. The second-order valence-corrected chi connectivity index (χ2v) is 4.83. The van der Waals surface area contributed by atoms with E-state index in [0.717, 1.165) is 6.07 Å². The number of amides is 1. The molecule has 0 bridgehead atoms. The van der Waals surface area contributed by atoms with Crippen LogP contribution in [0.1, 0.15) is 29.3 Å². The van der Waals surface area contributed by atoms with E-state index in [9.17, 15) is 18.4 Å². The van der Waals surface area contributed by atoms with Gasteiger partial charge in [0.25, 0.3) is 0 Å². The van der Waals surface area contributed by atoms with Crippen molar-refractivity contribution in [3.63, 3.8) is 0 Å². The van der Waals surface area contributed by atoms with Crippen LogP contribution in [-0.2, 0) is 11.2 Å². The van der Waals surface area contributed by atoms with Crippen LogP contribution in [-0.4, -0.2) is 28.9 Å². The van der Waals surface area contributed by atoms with Crippen molar-refractivity contribution in [2.75, 3.05) is 5.32 Å². The van der Waals surface area contributed by atoms with Crippen LogP contribution < -0.4 is 14.8 Å². The molecule has 116 valence electrons. The molecular formula is C13H10F2N2O5. The zero-order valence-corrected chi connectivity index (χ0v) is 11.3. The topological polar surface area (TPSA) is 97.2 Å². The lowest BCUT2D eigenvalue weighted by Gasteiger charge is -2.20. The number of hydrogen-bond donors (Lipinski definition) is 2. The molecule has 22 heavy (non-hydrogen) atoms. The molecule has 7 nitrogen and oxygen atoms in total. The Bertz CT molecular complexity index is 730. The van der Waals surface area contributed by atoms with E-state index >= 15 is 0 Å². The van der Waals surface area contributed by atoms with Gasteiger partial charge in [-0.2, -0.15) is 0 Å². The van der Waals surface area contributed by atoms with E-state index in [-0.39, 0.29) is 46.9 Å². The van der Waals surface area contributed by atoms with Crippen LogP contribution >= 0.6 is 0 Å². The fourth-order valence-electron chi connectivity index (χ4n) is 2.53. The first-order chi connectivity index (χ1) is 10.3. The van der Waals surface area contributed by atoms with Crippen molar-refractivity contribution in [2.45, 2.75) is 26.1 Å². The number of carbonyl (C=O) groups is 2. The van der Waals surface area contributed by atoms with E-state index in [1.165, 1.54) is 6.92 Å². The first kappa shape index (κ1) is 14.2. The summed E-state index contributed by atoms with van der Waals surface area (Å²) in [5.74, 6) is -1.65. The molecular weight excluding hydrogens is 302 g/mol. The number of oxime groups is 1. The molecule has 0 saturated heterocycles. The fourth-order valence-corrected chi connectivity index (χ4v) is 2.53. The smallest absolute Gasteiger partial charge is 0.411 e. The van der Waals surface area contributed by atoms with Gasteiger partial charge in [-0.1, -0.05) is 5.16 Å². The molecule has 1 amide bonds. The van der Waals surface area contributed by atoms with Crippen molar-refractivity contribution >= 4 is 23.1 Å². The van der Waals surface area contributed by atoms with Crippen molar-refractivity contribution in [2.24, 2.45) is 5.16 Å². The highest BCUT2D eigenvalue weighted by atomic mass is 19.3.